The molecule has 3 rings (SSSR count). The molecule has 1 N–H and O–H groups in total. The first-order chi connectivity index (χ1) is 14.9. The van der Waals surface area contributed by atoms with Gasteiger partial charge in [0.05, 0.1) is 12.7 Å². The lowest BCUT2D eigenvalue weighted by molar-refractivity contribution is 0.102. The number of methoxy groups -OCH3 is 1. The highest BCUT2D eigenvalue weighted by molar-refractivity contribution is 7.89. The van der Waals surface area contributed by atoms with Gasteiger partial charge in [-0.2, -0.15) is 4.31 Å². The Morgan fingerprint density at radius 3 is 2.42 bits per heavy atom. The van der Waals surface area contributed by atoms with Gasteiger partial charge in [0.15, 0.2) is 0 Å². The van der Waals surface area contributed by atoms with E-state index in [-0.39, 0.29) is 16.6 Å². The molecule has 2 heterocycles. The summed E-state index contributed by atoms with van der Waals surface area (Å²) in [5, 5.41) is 2.77. The average Bonchev–Trinajstić information content (AvgIpc) is 2.81. The molecule has 1 aliphatic rings. The molecule has 1 aliphatic heterocycles. The van der Waals surface area contributed by atoms with Gasteiger partial charge in [0.2, 0.25) is 10.0 Å². The zero-order valence-corrected chi connectivity index (χ0v) is 19.1. The van der Waals surface area contributed by atoms with E-state index >= 15 is 0 Å². The number of nitrogens with one attached hydrogen (secondary N) is 1. The number of hydrogen-bond donors (Lipinski definition) is 1. The summed E-state index contributed by atoms with van der Waals surface area (Å²) in [5.74, 6) is 0.708. The Morgan fingerprint density at radius 1 is 1.13 bits per heavy atom. The highest BCUT2D eigenvalue weighted by Crippen LogP contribution is 2.31. The topological polar surface area (TPSA) is 91.8 Å². The lowest BCUT2D eigenvalue weighted by atomic mass is 10.2. The van der Waals surface area contributed by atoms with Crippen LogP contribution in [0.25, 0.3) is 0 Å². The maximum atomic E-state index is 13.2. The summed E-state index contributed by atoms with van der Waals surface area (Å²) >= 11 is 0. The quantitative estimate of drug-likeness (QED) is 0.669. The van der Waals surface area contributed by atoms with Gasteiger partial charge >= 0.3 is 0 Å². The van der Waals surface area contributed by atoms with E-state index in [1.807, 2.05) is 19.9 Å². The minimum atomic E-state index is -3.71. The molecule has 1 fully saturated rings. The number of nitrogens with zero attached hydrogens (tertiary/aromatic N) is 3. The number of benzene rings is 1. The lowest BCUT2D eigenvalue weighted by Gasteiger charge is -2.26. The Bertz CT molecular complexity index is 999. The van der Waals surface area contributed by atoms with Crippen LogP contribution in [0.5, 0.6) is 5.75 Å². The van der Waals surface area contributed by atoms with E-state index in [2.05, 4.69) is 15.2 Å². The van der Waals surface area contributed by atoms with Crippen molar-refractivity contribution >= 4 is 27.4 Å². The Labute approximate surface area is 184 Å². The van der Waals surface area contributed by atoms with Crippen molar-refractivity contribution in [1.29, 1.82) is 0 Å². The molecule has 1 aromatic carbocycles. The lowest BCUT2D eigenvalue weighted by Crippen LogP contribution is -2.35. The number of piperidine rings is 1. The van der Waals surface area contributed by atoms with Crippen LogP contribution in [-0.2, 0) is 10.0 Å². The van der Waals surface area contributed by atoms with E-state index in [0.29, 0.717) is 24.3 Å². The molecule has 0 aliphatic carbocycles. The first kappa shape index (κ1) is 23.0. The van der Waals surface area contributed by atoms with Crippen LogP contribution in [0, 0.1) is 0 Å². The van der Waals surface area contributed by atoms with Crippen molar-refractivity contribution in [3.8, 4) is 5.75 Å². The van der Waals surface area contributed by atoms with Crippen LogP contribution in [0.15, 0.2) is 41.4 Å². The van der Waals surface area contributed by atoms with E-state index in [4.69, 9.17) is 4.74 Å². The second kappa shape index (κ2) is 10.1. The second-order valence-corrected chi connectivity index (χ2v) is 9.27. The molecule has 9 heteroatoms. The van der Waals surface area contributed by atoms with Gasteiger partial charge in [-0.25, -0.2) is 13.4 Å². The van der Waals surface area contributed by atoms with Gasteiger partial charge < -0.3 is 15.0 Å². The zero-order chi connectivity index (χ0) is 22.4. The van der Waals surface area contributed by atoms with Crippen LogP contribution < -0.4 is 15.0 Å². The minimum Gasteiger partial charge on any atom is -0.495 e. The first-order valence-electron chi connectivity index (χ1n) is 10.6. The highest BCUT2D eigenvalue weighted by atomic mass is 32.2. The average molecular weight is 447 g/mol. The van der Waals surface area contributed by atoms with Gasteiger partial charge in [-0.1, -0.05) is 6.42 Å². The monoisotopic (exact) mass is 446 g/mol. The molecule has 1 aromatic heterocycles. The number of aromatic nitrogens is 1. The minimum absolute atomic E-state index is 0.0599. The van der Waals surface area contributed by atoms with Crippen molar-refractivity contribution in [2.24, 2.45) is 0 Å². The molecule has 0 bridgehead atoms. The summed E-state index contributed by atoms with van der Waals surface area (Å²) in [5.41, 5.74) is 0.779. The number of carbonyl (C=O) groups excluding carboxylic acids is 1. The molecule has 1 saturated heterocycles. The van der Waals surface area contributed by atoms with Gasteiger partial charge in [-0.3, -0.25) is 4.79 Å². The van der Waals surface area contributed by atoms with Crippen molar-refractivity contribution in [2.75, 3.05) is 43.5 Å². The third-order valence-corrected chi connectivity index (χ3v) is 7.37. The van der Waals surface area contributed by atoms with Gasteiger partial charge in [0, 0.05) is 38.1 Å². The van der Waals surface area contributed by atoms with Crippen LogP contribution >= 0.6 is 0 Å². The Hall–Kier alpha value is -2.65. The number of hydrogen-bond acceptors (Lipinski definition) is 6. The number of carbonyl (C=O) groups is 1. The fourth-order valence-electron chi connectivity index (χ4n) is 3.66. The number of amides is 1. The van der Waals surface area contributed by atoms with E-state index in [0.717, 1.165) is 38.2 Å². The number of pyridine rings is 1. The van der Waals surface area contributed by atoms with Crippen LogP contribution in [0.1, 0.15) is 43.5 Å². The van der Waals surface area contributed by atoms with Crippen molar-refractivity contribution in [2.45, 2.75) is 38.0 Å². The molecule has 0 unspecified atom stereocenters. The zero-order valence-electron chi connectivity index (χ0n) is 18.3. The van der Waals surface area contributed by atoms with Crippen molar-refractivity contribution in [3.63, 3.8) is 0 Å². The van der Waals surface area contributed by atoms with E-state index in [1.54, 1.807) is 18.2 Å². The summed E-state index contributed by atoms with van der Waals surface area (Å²) in [7, 11) is -2.27. The molecule has 1 amide bonds. The van der Waals surface area contributed by atoms with Crippen LogP contribution in [0.2, 0.25) is 0 Å². The second-order valence-electron chi connectivity index (χ2n) is 7.36. The number of ether oxygens (including phenoxy) is 1. The summed E-state index contributed by atoms with van der Waals surface area (Å²) in [6, 6.07) is 8.17. The Kier molecular flexibility index (Phi) is 7.50. The van der Waals surface area contributed by atoms with E-state index in [9.17, 15) is 13.2 Å². The molecule has 0 radical (unpaired) electrons. The summed E-state index contributed by atoms with van der Waals surface area (Å²) in [6.07, 6.45) is 4.24. The molecule has 0 spiro atoms. The van der Waals surface area contributed by atoms with Crippen molar-refractivity contribution in [3.05, 3.63) is 42.1 Å². The van der Waals surface area contributed by atoms with Crippen molar-refractivity contribution < 1.29 is 17.9 Å². The fourth-order valence-corrected chi connectivity index (χ4v) is 5.36. The van der Waals surface area contributed by atoms with Crippen LogP contribution in [0.3, 0.4) is 0 Å². The molecule has 2 aromatic rings. The molecule has 0 saturated carbocycles. The molecule has 0 atom stereocenters. The number of anilines is 2. The Balaban J connectivity index is 1.82. The van der Waals surface area contributed by atoms with Gasteiger partial charge in [0.1, 0.15) is 16.5 Å². The molecular weight excluding hydrogens is 416 g/mol. The molecular formula is C22H30N4O4S. The third-order valence-electron chi connectivity index (χ3n) is 5.45. The van der Waals surface area contributed by atoms with E-state index < -0.39 is 10.0 Å². The van der Waals surface area contributed by atoms with Crippen LogP contribution in [0.4, 0.5) is 11.5 Å². The van der Waals surface area contributed by atoms with Gasteiger partial charge in [-0.15, -0.1) is 0 Å². The first-order valence-corrected chi connectivity index (χ1v) is 12.0. The third kappa shape index (κ3) is 5.16. The number of rotatable bonds is 8. The summed E-state index contributed by atoms with van der Waals surface area (Å²) < 4.78 is 33.1. The normalized spacial score (nSPS) is 14.8. The largest absolute Gasteiger partial charge is 0.495 e. The Morgan fingerprint density at radius 2 is 1.84 bits per heavy atom. The fraction of sp³-hybridized carbons (Fsp3) is 0.455. The summed E-state index contributed by atoms with van der Waals surface area (Å²) in [4.78, 5) is 19.2. The highest BCUT2D eigenvalue weighted by Gasteiger charge is 2.29. The predicted octanol–water partition coefficient (Wildman–Crippen LogP) is 3.36. The molecule has 168 valence electrons. The maximum Gasteiger partial charge on any atom is 0.257 e. The predicted molar refractivity (Wildman–Crippen MR) is 121 cm³/mol. The summed E-state index contributed by atoms with van der Waals surface area (Å²) in [6.45, 7) is 6.74. The van der Waals surface area contributed by atoms with Crippen molar-refractivity contribution in [1.82, 2.24) is 9.29 Å². The van der Waals surface area contributed by atoms with Gasteiger partial charge in [-0.05, 0) is 57.0 Å². The van der Waals surface area contributed by atoms with Crippen LogP contribution in [-0.4, -0.2) is 56.9 Å². The van der Waals surface area contributed by atoms with Gasteiger partial charge in [0.25, 0.3) is 5.91 Å². The van der Waals surface area contributed by atoms with E-state index in [1.165, 1.54) is 23.7 Å². The maximum absolute atomic E-state index is 13.2. The number of sulfonamides is 1. The standard InChI is InChI=1S/C22H30N4O4S/c1-4-25(5-2)21-12-9-17(16-23-21)22(27)24-18-10-11-19(30-3)20(15-18)31(28,29)26-13-7-6-8-14-26/h9-12,15-16H,4-8,13-14H2,1-3H3,(H,24,27). The SMILES string of the molecule is CCN(CC)c1ccc(C(=O)Nc2ccc(OC)c(S(=O)(=O)N3CCCCC3)c2)cn1. The molecule has 31 heavy (non-hydrogen) atoms. The smallest absolute Gasteiger partial charge is 0.257 e. The molecule has 8 nitrogen and oxygen atoms in total.